The molecule has 0 radical (unpaired) electrons. The van der Waals surface area contributed by atoms with Crippen LogP contribution in [0.1, 0.15) is 12.0 Å². The average molecular weight is 494 g/mol. The second kappa shape index (κ2) is 10.4. The number of carbonyl (C=O) groups excluding carboxylic acids is 2. The highest BCUT2D eigenvalue weighted by Crippen LogP contribution is 2.34. The summed E-state index contributed by atoms with van der Waals surface area (Å²) in [4.78, 5) is 24.3. The number of hydrogen-bond acceptors (Lipinski definition) is 7. The molecule has 2 aromatic rings. The average Bonchev–Trinajstić information content (AvgIpc) is 2.86. The van der Waals surface area contributed by atoms with E-state index in [0.717, 1.165) is 4.31 Å². The fraction of sp³-hybridized carbons (Fsp3) is 0.364. The van der Waals surface area contributed by atoms with Crippen LogP contribution in [0.2, 0.25) is 0 Å². The summed E-state index contributed by atoms with van der Waals surface area (Å²) in [7, 11) is -3.98. The second-order valence-electron chi connectivity index (χ2n) is 7.58. The largest absolute Gasteiger partial charge is 0.486 e. The van der Waals surface area contributed by atoms with Gasteiger partial charge in [0.25, 0.3) is 0 Å². The number of rotatable bonds is 6. The number of sulfonamides is 1. The van der Waals surface area contributed by atoms with E-state index in [2.05, 4.69) is 10.6 Å². The van der Waals surface area contributed by atoms with Crippen molar-refractivity contribution >= 4 is 21.8 Å². The lowest BCUT2D eigenvalue weighted by atomic mass is 10.2. The van der Waals surface area contributed by atoms with Crippen molar-refractivity contribution in [1.29, 1.82) is 0 Å². The molecule has 1 atom stereocenters. The third kappa shape index (κ3) is 5.29. The van der Waals surface area contributed by atoms with Gasteiger partial charge in [-0.15, -0.1) is 0 Å². The molecule has 34 heavy (non-hydrogen) atoms. The quantitative estimate of drug-likeness (QED) is 0.570. The maximum atomic E-state index is 13.7. The molecule has 2 N–H and O–H groups in total. The van der Waals surface area contributed by atoms with E-state index in [1.807, 2.05) is 0 Å². The molecule has 12 heteroatoms. The lowest BCUT2D eigenvalue weighted by Gasteiger charge is -2.34. The predicted molar refractivity (Wildman–Crippen MR) is 117 cm³/mol. The molecular weight excluding hydrogens is 469 g/mol. The van der Waals surface area contributed by atoms with Crippen molar-refractivity contribution in [2.45, 2.75) is 24.1 Å². The molecule has 2 heterocycles. The van der Waals surface area contributed by atoms with Crippen LogP contribution in [0.4, 0.5) is 4.39 Å². The van der Waals surface area contributed by atoms with Crippen LogP contribution >= 0.6 is 0 Å². The number of halogens is 1. The third-order valence-corrected chi connectivity index (χ3v) is 7.20. The summed E-state index contributed by atoms with van der Waals surface area (Å²) in [6.45, 7) is 0.773. The van der Waals surface area contributed by atoms with E-state index in [4.69, 9.17) is 14.2 Å². The van der Waals surface area contributed by atoms with Gasteiger partial charge in [-0.2, -0.15) is 4.31 Å². The van der Waals surface area contributed by atoms with Crippen molar-refractivity contribution in [1.82, 2.24) is 14.9 Å². The Labute approximate surface area is 196 Å². The molecule has 182 valence electrons. The van der Waals surface area contributed by atoms with E-state index >= 15 is 0 Å². The molecular formula is C22H24FN3O7S. The van der Waals surface area contributed by atoms with Gasteiger partial charge in [0, 0.05) is 24.7 Å². The van der Waals surface area contributed by atoms with Gasteiger partial charge in [0.15, 0.2) is 11.5 Å². The molecule has 0 unspecified atom stereocenters. The van der Waals surface area contributed by atoms with Crippen molar-refractivity contribution in [2.75, 3.05) is 32.9 Å². The van der Waals surface area contributed by atoms with E-state index in [1.54, 1.807) is 6.07 Å². The highest BCUT2D eigenvalue weighted by Gasteiger charge is 2.35. The number of benzene rings is 2. The van der Waals surface area contributed by atoms with Crippen LogP contribution in [-0.2, 0) is 30.9 Å². The van der Waals surface area contributed by atoms with Gasteiger partial charge in [-0.3, -0.25) is 9.59 Å². The zero-order valence-corrected chi connectivity index (χ0v) is 19.0. The summed E-state index contributed by atoms with van der Waals surface area (Å²) >= 11 is 0. The highest BCUT2D eigenvalue weighted by atomic mass is 32.2. The summed E-state index contributed by atoms with van der Waals surface area (Å²) < 4.78 is 57.9. The Bertz CT molecular complexity index is 1170. The van der Waals surface area contributed by atoms with E-state index in [9.17, 15) is 22.4 Å². The van der Waals surface area contributed by atoms with E-state index in [-0.39, 0.29) is 30.1 Å². The van der Waals surface area contributed by atoms with Crippen LogP contribution in [-0.4, -0.2) is 63.7 Å². The monoisotopic (exact) mass is 493 g/mol. The Morgan fingerprint density at radius 2 is 1.74 bits per heavy atom. The number of hydrogen-bond donors (Lipinski definition) is 2. The minimum Gasteiger partial charge on any atom is -0.486 e. The standard InChI is InChI=1S/C22H24FN3O7S/c23-17-5-2-1-4-15(17)13-24-21(27)22(28)25-14-20-26(8-3-9-33-20)34(29,30)16-6-7-18-19(12-16)32-11-10-31-18/h1-2,4-7,12,20H,3,8-11,13-14H2,(H,24,27)(H,25,28)/t20-/m1/s1. The molecule has 0 aromatic heterocycles. The van der Waals surface area contributed by atoms with Gasteiger partial charge < -0.3 is 24.8 Å². The molecule has 1 saturated heterocycles. The molecule has 0 saturated carbocycles. The van der Waals surface area contributed by atoms with Crippen LogP contribution in [0.5, 0.6) is 11.5 Å². The minimum atomic E-state index is -3.98. The van der Waals surface area contributed by atoms with Gasteiger partial charge in [0.05, 0.1) is 18.0 Å². The maximum Gasteiger partial charge on any atom is 0.309 e. The van der Waals surface area contributed by atoms with Crippen LogP contribution in [0.3, 0.4) is 0 Å². The van der Waals surface area contributed by atoms with E-state index in [1.165, 1.54) is 36.4 Å². The number of amides is 2. The highest BCUT2D eigenvalue weighted by molar-refractivity contribution is 7.89. The smallest absolute Gasteiger partial charge is 0.309 e. The predicted octanol–water partition coefficient (Wildman–Crippen LogP) is 0.767. The zero-order valence-electron chi connectivity index (χ0n) is 18.2. The van der Waals surface area contributed by atoms with Gasteiger partial charge in [-0.05, 0) is 24.6 Å². The van der Waals surface area contributed by atoms with Gasteiger partial charge in [-0.25, -0.2) is 12.8 Å². The Balaban J connectivity index is 1.38. The Kier molecular flexibility index (Phi) is 7.29. The molecule has 2 aliphatic rings. The molecule has 2 aromatic carbocycles. The number of ether oxygens (including phenoxy) is 3. The third-order valence-electron chi connectivity index (χ3n) is 5.32. The van der Waals surface area contributed by atoms with Crippen molar-refractivity contribution in [3.05, 3.63) is 53.8 Å². The van der Waals surface area contributed by atoms with Crippen molar-refractivity contribution < 1.29 is 36.6 Å². The molecule has 4 rings (SSSR count). The summed E-state index contributed by atoms with van der Waals surface area (Å²) in [6.07, 6.45) is -0.535. The van der Waals surface area contributed by atoms with Crippen LogP contribution in [0.15, 0.2) is 47.4 Å². The summed E-state index contributed by atoms with van der Waals surface area (Å²) in [5, 5.41) is 4.72. The van der Waals surface area contributed by atoms with Gasteiger partial charge in [0.2, 0.25) is 10.0 Å². The number of nitrogens with one attached hydrogen (secondary N) is 2. The van der Waals surface area contributed by atoms with E-state index < -0.39 is 33.9 Å². The van der Waals surface area contributed by atoms with Crippen LogP contribution in [0.25, 0.3) is 0 Å². The fourth-order valence-electron chi connectivity index (χ4n) is 3.58. The van der Waals surface area contributed by atoms with Crippen LogP contribution in [0, 0.1) is 5.82 Å². The Hall–Kier alpha value is -3.22. The molecule has 1 fully saturated rings. The summed E-state index contributed by atoms with van der Waals surface area (Å²) in [5.74, 6) is -1.66. The Morgan fingerprint density at radius 1 is 1.00 bits per heavy atom. The first-order chi connectivity index (χ1) is 16.4. The van der Waals surface area contributed by atoms with E-state index in [0.29, 0.717) is 37.7 Å². The van der Waals surface area contributed by atoms with Crippen molar-refractivity contribution in [3.8, 4) is 11.5 Å². The summed E-state index contributed by atoms with van der Waals surface area (Å²) in [6, 6.07) is 10.2. The Morgan fingerprint density at radius 3 is 2.53 bits per heavy atom. The SMILES string of the molecule is O=C(NCc1ccccc1F)C(=O)NC[C@H]1OCCCN1S(=O)(=O)c1ccc2c(c1)OCCO2. The first kappa shape index (κ1) is 23.9. The second-order valence-corrected chi connectivity index (χ2v) is 9.47. The first-order valence-electron chi connectivity index (χ1n) is 10.7. The molecule has 0 spiro atoms. The summed E-state index contributed by atoms with van der Waals surface area (Å²) in [5.41, 5.74) is 0.232. The topological polar surface area (TPSA) is 123 Å². The lowest BCUT2D eigenvalue weighted by Crippen LogP contribution is -2.53. The first-order valence-corrected chi connectivity index (χ1v) is 12.1. The van der Waals surface area contributed by atoms with Crippen molar-refractivity contribution in [3.63, 3.8) is 0 Å². The normalized spacial score (nSPS) is 18.2. The van der Waals surface area contributed by atoms with Gasteiger partial charge >= 0.3 is 11.8 Å². The molecule has 2 aliphatic heterocycles. The van der Waals surface area contributed by atoms with Crippen LogP contribution < -0.4 is 20.1 Å². The zero-order chi connectivity index (χ0) is 24.1. The fourth-order valence-corrected chi connectivity index (χ4v) is 5.16. The number of carbonyl (C=O) groups is 2. The molecule has 10 nitrogen and oxygen atoms in total. The van der Waals surface area contributed by atoms with Gasteiger partial charge in [0.1, 0.15) is 25.3 Å². The lowest BCUT2D eigenvalue weighted by molar-refractivity contribution is -0.140. The maximum absolute atomic E-state index is 13.7. The molecule has 2 amide bonds. The molecule has 0 bridgehead atoms. The number of fused-ring (bicyclic) bond motifs is 1. The number of nitrogens with zero attached hydrogens (tertiary/aromatic N) is 1. The molecule has 0 aliphatic carbocycles. The minimum absolute atomic E-state index is 0.00112. The van der Waals surface area contributed by atoms with Crippen molar-refractivity contribution in [2.24, 2.45) is 0 Å². The van der Waals surface area contributed by atoms with Gasteiger partial charge in [-0.1, -0.05) is 18.2 Å².